The van der Waals surface area contributed by atoms with Crippen LogP contribution in [0, 0.1) is 17.7 Å². The van der Waals surface area contributed by atoms with E-state index in [1.807, 2.05) is 11.5 Å². The quantitative estimate of drug-likeness (QED) is 0.488. The van der Waals surface area contributed by atoms with Crippen molar-refractivity contribution >= 4 is 34.3 Å². The molecule has 1 aliphatic heterocycles. The minimum absolute atomic E-state index is 0.0902. The highest BCUT2D eigenvalue weighted by Gasteiger charge is 2.34. The summed E-state index contributed by atoms with van der Waals surface area (Å²) in [5, 5.41) is 18.9. The summed E-state index contributed by atoms with van der Waals surface area (Å²) in [6.45, 7) is 6.59. The number of aromatic nitrogens is 2. The molecule has 2 atom stereocenters. The van der Waals surface area contributed by atoms with Crippen molar-refractivity contribution in [3.63, 3.8) is 0 Å². The smallest absolute Gasteiger partial charge is 0.335 e. The molecule has 1 aromatic heterocycles. The van der Waals surface area contributed by atoms with Crippen molar-refractivity contribution in [3.8, 4) is 0 Å². The van der Waals surface area contributed by atoms with E-state index in [1.54, 1.807) is 0 Å². The number of benzene rings is 2. The van der Waals surface area contributed by atoms with Gasteiger partial charge in [-0.15, -0.1) is 0 Å². The lowest BCUT2D eigenvalue weighted by Gasteiger charge is -2.37. The van der Waals surface area contributed by atoms with Gasteiger partial charge in [0.25, 0.3) is 0 Å². The van der Waals surface area contributed by atoms with Crippen LogP contribution in [-0.4, -0.2) is 45.4 Å². The normalized spacial score (nSPS) is 19.4. The van der Waals surface area contributed by atoms with E-state index < -0.39 is 11.8 Å². The van der Waals surface area contributed by atoms with Crippen molar-refractivity contribution in [3.05, 3.63) is 58.7 Å². The van der Waals surface area contributed by atoms with E-state index in [1.165, 1.54) is 17.3 Å². The average molecular weight is 478 g/mol. The van der Waals surface area contributed by atoms with E-state index in [0.29, 0.717) is 23.5 Å². The summed E-state index contributed by atoms with van der Waals surface area (Å²) >= 11 is 0. The minimum atomic E-state index is -1.16. The molecule has 1 aliphatic carbocycles. The number of aryl methyl sites for hydroxylation is 1. The van der Waals surface area contributed by atoms with Gasteiger partial charge in [0.15, 0.2) is 0 Å². The second-order valence-corrected chi connectivity index (χ2v) is 9.59. The van der Waals surface area contributed by atoms with E-state index >= 15 is 4.39 Å². The molecule has 6 nitrogen and oxygen atoms in total. The van der Waals surface area contributed by atoms with Gasteiger partial charge in [-0.1, -0.05) is 25.5 Å². The molecule has 0 saturated carbocycles. The molecule has 2 unspecified atom stereocenters. The predicted molar refractivity (Wildman–Crippen MR) is 136 cm³/mol. The van der Waals surface area contributed by atoms with Gasteiger partial charge in [0.1, 0.15) is 17.2 Å². The predicted octanol–water partition coefficient (Wildman–Crippen LogP) is 5.23. The summed E-state index contributed by atoms with van der Waals surface area (Å²) in [5.74, 6) is -0.380. The number of carboxylic acids is 1. The van der Waals surface area contributed by atoms with Crippen LogP contribution in [-0.2, 0) is 13.0 Å². The zero-order chi connectivity index (χ0) is 24.7. The molecular weight excluding hydrogens is 445 g/mol. The second kappa shape index (κ2) is 9.46. The van der Waals surface area contributed by atoms with E-state index in [9.17, 15) is 15.0 Å². The summed E-state index contributed by atoms with van der Waals surface area (Å²) < 4.78 is 17.1. The number of carboxylic acid groups (broad SMARTS) is 1. The highest BCUT2D eigenvalue weighted by molar-refractivity contribution is 5.94. The molecule has 2 heterocycles. The van der Waals surface area contributed by atoms with Crippen molar-refractivity contribution < 1.29 is 19.4 Å². The van der Waals surface area contributed by atoms with Gasteiger partial charge >= 0.3 is 5.97 Å². The molecule has 2 bridgehead atoms. The Labute approximate surface area is 204 Å². The third kappa shape index (κ3) is 4.01. The van der Waals surface area contributed by atoms with Crippen molar-refractivity contribution in [1.82, 2.24) is 9.55 Å². The summed E-state index contributed by atoms with van der Waals surface area (Å²) in [5.41, 5.74) is 5.47. The fourth-order valence-corrected chi connectivity index (χ4v) is 6.01. The van der Waals surface area contributed by atoms with Crippen LogP contribution in [0.5, 0.6) is 0 Å². The molecule has 0 spiro atoms. The van der Waals surface area contributed by atoms with Gasteiger partial charge in [-0.2, -0.15) is 0 Å². The zero-order valence-electron chi connectivity index (χ0n) is 20.3. The first kappa shape index (κ1) is 23.5. The van der Waals surface area contributed by atoms with E-state index in [-0.39, 0.29) is 18.1 Å². The molecule has 0 saturated heterocycles. The number of fused-ring (bicyclic) bond motifs is 3. The number of aliphatic hydroxyl groups excluding tert-OH is 1. The van der Waals surface area contributed by atoms with E-state index in [0.717, 1.165) is 61.8 Å². The van der Waals surface area contributed by atoms with Gasteiger partial charge in [-0.05, 0) is 79.0 Å². The van der Waals surface area contributed by atoms with Crippen LogP contribution in [0.15, 0.2) is 30.3 Å². The number of carbonyl (C=O) groups is 1. The Hall–Kier alpha value is -3.19. The monoisotopic (exact) mass is 477 g/mol. The van der Waals surface area contributed by atoms with Gasteiger partial charge < -0.3 is 19.7 Å². The van der Waals surface area contributed by atoms with Crippen LogP contribution in [0.1, 0.15) is 60.4 Å². The first-order valence-electron chi connectivity index (χ1n) is 12.6. The summed E-state index contributed by atoms with van der Waals surface area (Å²) in [6, 6.07) is 8.97. The van der Waals surface area contributed by atoms with Gasteiger partial charge in [0.05, 0.1) is 11.1 Å². The molecule has 35 heavy (non-hydrogen) atoms. The van der Waals surface area contributed by atoms with Crippen molar-refractivity contribution in [2.45, 2.75) is 46.1 Å². The minimum Gasteiger partial charge on any atom is -0.478 e. The van der Waals surface area contributed by atoms with Crippen LogP contribution in [0.4, 0.5) is 10.1 Å². The number of halogens is 1. The SMILES string of the molecule is CCC1CN(CCCO)c2cccc3c2CCC1C(c1nc2cc(C(=O)O)cc(F)c2n1CC)=C3. The number of imidazole rings is 1. The topological polar surface area (TPSA) is 78.6 Å². The number of hydrogen-bond acceptors (Lipinski definition) is 4. The Kier molecular flexibility index (Phi) is 6.36. The molecule has 0 radical (unpaired) electrons. The fraction of sp³-hybridized carbons (Fsp3) is 0.429. The van der Waals surface area contributed by atoms with Gasteiger partial charge in [0.2, 0.25) is 0 Å². The van der Waals surface area contributed by atoms with Crippen molar-refractivity contribution in [2.75, 3.05) is 24.6 Å². The second-order valence-electron chi connectivity index (χ2n) is 9.59. The van der Waals surface area contributed by atoms with Gasteiger partial charge in [0, 0.05) is 31.9 Å². The molecule has 0 fully saturated rings. The molecular formula is C28H32FN3O3. The standard InChI is InChI=1S/C28H32FN3O3/c1-3-17-16-31(11-6-12-33)25-8-5-7-18-13-22(20(17)9-10-21(18)25)27-30-24-15-19(28(34)35)14-23(29)26(24)32(27)4-2/h5,7-8,13-15,17,20,33H,3-4,6,9-12,16H2,1-2H3,(H,34,35). The highest BCUT2D eigenvalue weighted by atomic mass is 19.1. The number of allylic oxidation sites excluding steroid dienone is 1. The molecule has 184 valence electrons. The molecule has 2 N–H and O–H groups in total. The maximum Gasteiger partial charge on any atom is 0.335 e. The van der Waals surface area contributed by atoms with Crippen molar-refractivity contribution in [1.29, 1.82) is 0 Å². The summed E-state index contributed by atoms with van der Waals surface area (Å²) in [6.07, 6.45) is 5.89. The number of nitrogens with zero attached hydrogens (tertiary/aromatic N) is 3. The Balaban J connectivity index is 1.72. The lowest BCUT2D eigenvalue weighted by atomic mass is 9.79. The Bertz CT molecular complexity index is 1310. The Morgan fingerprint density at radius 1 is 1.26 bits per heavy atom. The largest absolute Gasteiger partial charge is 0.478 e. The van der Waals surface area contributed by atoms with Gasteiger partial charge in [-0.25, -0.2) is 14.2 Å². The number of hydrogen-bond donors (Lipinski definition) is 2. The molecule has 2 aliphatic rings. The highest BCUT2D eigenvalue weighted by Crippen LogP contribution is 2.44. The number of rotatable bonds is 7. The van der Waals surface area contributed by atoms with Crippen molar-refractivity contribution in [2.24, 2.45) is 11.8 Å². The van der Waals surface area contributed by atoms with Crippen LogP contribution < -0.4 is 4.90 Å². The maximum absolute atomic E-state index is 15.1. The molecule has 2 aromatic carbocycles. The first-order valence-corrected chi connectivity index (χ1v) is 12.6. The lowest BCUT2D eigenvalue weighted by Crippen LogP contribution is -2.36. The van der Waals surface area contributed by atoms with Crippen LogP contribution in [0.25, 0.3) is 22.7 Å². The fourth-order valence-electron chi connectivity index (χ4n) is 6.01. The molecule has 0 amide bonds. The Morgan fingerprint density at radius 3 is 2.80 bits per heavy atom. The van der Waals surface area contributed by atoms with Crippen LogP contribution in [0.3, 0.4) is 0 Å². The number of anilines is 1. The Morgan fingerprint density at radius 2 is 2.09 bits per heavy atom. The zero-order valence-corrected chi connectivity index (χ0v) is 20.3. The lowest BCUT2D eigenvalue weighted by molar-refractivity contribution is 0.0696. The van der Waals surface area contributed by atoms with E-state index in [4.69, 9.17) is 4.98 Å². The maximum atomic E-state index is 15.1. The van der Waals surface area contributed by atoms with Crippen LogP contribution >= 0.6 is 0 Å². The van der Waals surface area contributed by atoms with Gasteiger partial charge in [-0.3, -0.25) is 0 Å². The molecule has 3 aromatic rings. The third-order valence-corrected chi connectivity index (χ3v) is 7.70. The molecule has 7 heteroatoms. The summed E-state index contributed by atoms with van der Waals surface area (Å²) in [7, 11) is 0. The summed E-state index contributed by atoms with van der Waals surface area (Å²) in [4.78, 5) is 18.8. The average Bonchev–Trinajstić information content (AvgIpc) is 3.11. The number of aromatic carboxylic acids is 1. The first-order chi connectivity index (χ1) is 17.0. The molecule has 5 rings (SSSR count). The third-order valence-electron chi connectivity index (χ3n) is 7.70. The van der Waals surface area contributed by atoms with E-state index in [2.05, 4.69) is 36.1 Å². The van der Waals surface area contributed by atoms with Crippen LogP contribution in [0.2, 0.25) is 0 Å². The number of aliphatic hydroxyl groups is 1.